The van der Waals surface area contributed by atoms with E-state index in [0.717, 1.165) is 0 Å². The molecule has 1 amide bonds. The fourth-order valence-corrected chi connectivity index (χ4v) is 3.86. The first kappa shape index (κ1) is 24.7. The second-order valence-corrected chi connectivity index (χ2v) is 7.63. The number of carbonyl (C=O) groups is 1. The number of ether oxygens (including phenoxy) is 3. The highest BCUT2D eigenvalue weighted by Crippen LogP contribution is 2.45. The van der Waals surface area contributed by atoms with Gasteiger partial charge in [-0.15, -0.1) is 0 Å². The van der Waals surface area contributed by atoms with Gasteiger partial charge in [0.25, 0.3) is 0 Å². The SMILES string of the molecule is COc1ccc(C(CC(=O)NCCCn2ccnc2)c2c(O)cc(C)oc2=O)c(OC)c1OC. The standard InChI is InChI=1S/C24H29N3O7/c1-15-12-18(28)21(24(30)34-15)17(13-20(29)26-8-5-10-27-11-9-25-14-27)16-6-7-19(31-2)23(33-4)22(16)32-3/h6-7,9,11-12,14,17,28H,5,8,10,13H2,1-4H3,(H,26,29). The minimum atomic E-state index is -0.861. The number of aromatic hydroxyl groups is 1. The lowest BCUT2D eigenvalue weighted by atomic mass is 9.87. The summed E-state index contributed by atoms with van der Waals surface area (Å²) in [4.78, 5) is 29.6. The van der Waals surface area contributed by atoms with Crippen molar-refractivity contribution in [1.29, 1.82) is 0 Å². The molecule has 2 heterocycles. The number of aromatic nitrogens is 2. The lowest BCUT2D eigenvalue weighted by Crippen LogP contribution is -2.28. The largest absolute Gasteiger partial charge is 0.507 e. The van der Waals surface area contributed by atoms with Crippen LogP contribution in [0, 0.1) is 6.92 Å². The van der Waals surface area contributed by atoms with Gasteiger partial charge in [-0.2, -0.15) is 0 Å². The summed E-state index contributed by atoms with van der Waals surface area (Å²) in [6.45, 7) is 2.70. The second-order valence-electron chi connectivity index (χ2n) is 7.63. The molecular formula is C24H29N3O7. The van der Waals surface area contributed by atoms with Crippen LogP contribution in [0.4, 0.5) is 0 Å². The van der Waals surface area contributed by atoms with E-state index in [1.165, 1.54) is 27.4 Å². The maximum Gasteiger partial charge on any atom is 0.343 e. The normalized spacial score (nSPS) is 11.6. The first-order valence-electron chi connectivity index (χ1n) is 10.7. The molecular weight excluding hydrogens is 442 g/mol. The Morgan fingerprint density at radius 3 is 2.59 bits per heavy atom. The molecule has 34 heavy (non-hydrogen) atoms. The zero-order valence-corrected chi connectivity index (χ0v) is 19.7. The average molecular weight is 472 g/mol. The summed E-state index contributed by atoms with van der Waals surface area (Å²) in [5.41, 5.74) is -0.294. The molecule has 1 aromatic carbocycles. The van der Waals surface area contributed by atoms with Gasteiger partial charge in [-0.1, -0.05) is 6.07 Å². The lowest BCUT2D eigenvalue weighted by molar-refractivity contribution is -0.121. The van der Waals surface area contributed by atoms with Crippen molar-refractivity contribution < 1.29 is 28.5 Å². The van der Waals surface area contributed by atoms with Crippen molar-refractivity contribution >= 4 is 5.91 Å². The van der Waals surface area contributed by atoms with Crippen LogP contribution in [0.15, 0.2) is 46.1 Å². The Morgan fingerprint density at radius 1 is 1.21 bits per heavy atom. The zero-order chi connectivity index (χ0) is 24.7. The molecule has 3 rings (SSSR count). The summed E-state index contributed by atoms with van der Waals surface area (Å²) in [7, 11) is 4.40. The summed E-state index contributed by atoms with van der Waals surface area (Å²) in [5.74, 6) is -0.141. The number of carbonyl (C=O) groups excluding carboxylic acids is 1. The van der Waals surface area contributed by atoms with Crippen LogP contribution in [-0.4, -0.2) is 48.4 Å². The molecule has 2 aromatic heterocycles. The Morgan fingerprint density at radius 2 is 1.97 bits per heavy atom. The zero-order valence-electron chi connectivity index (χ0n) is 19.7. The third-order valence-corrected chi connectivity index (χ3v) is 5.41. The Labute approximate surface area is 197 Å². The molecule has 0 bridgehead atoms. The van der Waals surface area contributed by atoms with Gasteiger partial charge >= 0.3 is 5.63 Å². The summed E-state index contributed by atoms with van der Waals surface area (Å²) < 4.78 is 23.5. The molecule has 0 aliphatic rings. The van der Waals surface area contributed by atoms with Crippen LogP contribution >= 0.6 is 0 Å². The van der Waals surface area contributed by atoms with Crippen molar-refractivity contribution in [2.24, 2.45) is 0 Å². The summed E-state index contributed by atoms with van der Waals surface area (Å²) >= 11 is 0. The molecule has 182 valence electrons. The topological polar surface area (TPSA) is 125 Å². The van der Waals surface area contributed by atoms with Crippen LogP contribution in [-0.2, 0) is 11.3 Å². The maximum atomic E-state index is 12.9. The third-order valence-electron chi connectivity index (χ3n) is 5.41. The van der Waals surface area contributed by atoms with E-state index in [0.29, 0.717) is 42.3 Å². The molecule has 0 aliphatic carbocycles. The van der Waals surface area contributed by atoms with E-state index in [4.69, 9.17) is 18.6 Å². The highest BCUT2D eigenvalue weighted by Gasteiger charge is 2.30. The molecule has 0 aliphatic heterocycles. The van der Waals surface area contributed by atoms with E-state index in [-0.39, 0.29) is 29.4 Å². The van der Waals surface area contributed by atoms with Crippen LogP contribution in [0.1, 0.15) is 35.6 Å². The van der Waals surface area contributed by atoms with Crippen molar-refractivity contribution in [2.45, 2.75) is 32.2 Å². The monoisotopic (exact) mass is 471 g/mol. The first-order valence-corrected chi connectivity index (χ1v) is 10.7. The van der Waals surface area contributed by atoms with Gasteiger partial charge in [-0.3, -0.25) is 4.79 Å². The predicted octanol–water partition coefficient (Wildman–Crippen LogP) is 2.60. The molecule has 1 atom stereocenters. The molecule has 2 N–H and O–H groups in total. The van der Waals surface area contributed by atoms with Gasteiger partial charge in [0.15, 0.2) is 11.5 Å². The molecule has 10 nitrogen and oxygen atoms in total. The van der Waals surface area contributed by atoms with Crippen LogP contribution in [0.2, 0.25) is 0 Å². The maximum absolute atomic E-state index is 12.9. The number of nitrogens with one attached hydrogen (secondary N) is 1. The predicted molar refractivity (Wildman–Crippen MR) is 124 cm³/mol. The van der Waals surface area contributed by atoms with Crippen molar-refractivity contribution in [3.05, 3.63) is 64.2 Å². The average Bonchev–Trinajstić information content (AvgIpc) is 3.33. The number of rotatable bonds is 11. The first-order chi connectivity index (χ1) is 16.4. The van der Waals surface area contributed by atoms with Gasteiger partial charge in [0, 0.05) is 49.5 Å². The minimum absolute atomic E-state index is 0.0373. The van der Waals surface area contributed by atoms with E-state index < -0.39 is 11.5 Å². The fourth-order valence-electron chi connectivity index (χ4n) is 3.86. The molecule has 0 spiro atoms. The highest BCUT2D eigenvalue weighted by molar-refractivity contribution is 5.78. The number of nitrogens with zero attached hydrogens (tertiary/aromatic N) is 2. The van der Waals surface area contributed by atoms with E-state index in [1.807, 2.05) is 10.8 Å². The Hall–Kier alpha value is -3.95. The molecule has 0 saturated carbocycles. The number of benzene rings is 1. The van der Waals surface area contributed by atoms with E-state index in [9.17, 15) is 14.7 Å². The Balaban J connectivity index is 1.93. The van der Waals surface area contributed by atoms with Crippen LogP contribution in [0.3, 0.4) is 0 Å². The van der Waals surface area contributed by atoms with Crippen LogP contribution in [0.5, 0.6) is 23.0 Å². The van der Waals surface area contributed by atoms with E-state index in [2.05, 4.69) is 10.3 Å². The van der Waals surface area contributed by atoms with Crippen LogP contribution < -0.4 is 25.2 Å². The molecule has 0 fully saturated rings. The quantitative estimate of drug-likeness (QED) is 0.409. The van der Waals surface area contributed by atoms with Crippen molar-refractivity contribution in [3.8, 4) is 23.0 Å². The molecule has 1 unspecified atom stereocenters. The van der Waals surface area contributed by atoms with Gasteiger partial charge in [-0.05, 0) is 19.4 Å². The smallest absolute Gasteiger partial charge is 0.343 e. The third kappa shape index (κ3) is 5.51. The fraction of sp³-hybridized carbons (Fsp3) is 0.375. The lowest BCUT2D eigenvalue weighted by Gasteiger charge is -2.22. The molecule has 0 radical (unpaired) electrons. The Kier molecular flexibility index (Phi) is 8.18. The number of amides is 1. The van der Waals surface area contributed by atoms with Gasteiger partial charge in [-0.25, -0.2) is 9.78 Å². The minimum Gasteiger partial charge on any atom is -0.507 e. The van der Waals surface area contributed by atoms with Crippen molar-refractivity contribution in [2.75, 3.05) is 27.9 Å². The van der Waals surface area contributed by atoms with Crippen LogP contribution in [0.25, 0.3) is 0 Å². The number of hydrogen-bond acceptors (Lipinski definition) is 8. The number of imidazole rings is 1. The second kappa shape index (κ2) is 11.3. The summed E-state index contributed by atoms with van der Waals surface area (Å²) in [6.07, 6.45) is 5.82. The van der Waals surface area contributed by atoms with Gasteiger partial charge in [0.1, 0.15) is 11.5 Å². The highest BCUT2D eigenvalue weighted by atomic mass is 16.5. The van der Waals surface area contributed by atoms with Gasteiger partial charge < -0.3 is 33.6 Å². The number of hydrogen-bond donors (Lipinski definition) is 2. The summed E-state index contributed by atoms with van der Waals surface area (Å²) in [5, 5.41) is 13.5. The van der Waals surface area contributed by atoms with Gasteiger partial charge in [0.05, 0.1) is 33.2 Å². The Bertz CT molecular complexity index is 1170. The molecule has 3 aromatic rings. The van der Waals surface area contributed by atoms with Gasteiger partial charge in [0.2, 0.25) is 11.7 Å². The van der Waals surface area contributed by atoms with E-state index in [1.54, 1.807) is 31.6 Å². The summed E-state index contributed by atoms with van der Waals surface area (Å²) in [6, 6.07) is 4.68. The van der Waals surface area contributed by atoms with Crippen molar-refractivity contribution in [3.63, 3.8) is 0 Å². The molecule has 10 heteroatoms. The van der Waals surface area contributed by atoms with E-state index >= 15 is 0 Å². The number of aryl methyl sites for hydroxylation is 2. The number of methoxy groups -OCH3 is 3. The molecule has 0 saturated heterocycles. The van der Waals surface area contributed by atoms with Crippen molar-refractivity contribution in [1.82, 2.24) is 14.9 Å².